The van der Waals surface area contributed by atoms with E-state index in [2.05, 4.69) is 43.1 Å². The Labute approximate surface area is 201 Å². The average molecular weight is 475 g/mol. The predicted molar refractivity (Wildman–Crippen MR) is 130 cm³/mol. The van der Waals surface area contributed by atoms with Crippen LogP contribution in [-0.2, 0) is 20.9 Å². The number of benzene rings is 1. The number of ether oxygens (including phenoxy) is 1. The molecule has 1 saturated carbocycles. The zero-order chi connectivity index (χ0) is 23.8. The van der Waals surface area contributed by atoms with Gasteiger partial charge in [-0.05, 0) is 30.5 Å². The Bertz CT molecular complexity index is 1320. The summed E-state index contributed by atoms with van der Waals surface area (Å²) < 4.78 is 7.15. The molecule has 35 heavy (non-hydrogen) atoms. The number of nitrogens with one attached hydrogen (secondary N) is 3. The summed E-state index contributed by atoms with van der Waals surface area (Å²) >= 11 is 0. The topological polar surface area (TPSA) is 126 Å². The van der Waals surface area contributed by atoms with E-state index in [1.807, 2.05) is 12.1 Å². The van der Waals surface area contributed by atoms with Gasteiger partial charge in [0.2, 0.25) is 17.8 Å². The standard InChI is InChI=1S/C24H26N8O3/c33-20-12-16(22(34)28-20)11-17-14-26-32-21(17)29-23(30-24(32)27-18-5-6-18)25-13-15-3-1-2-4-19(15)31-7-9-35-10-8-31/h1-4,11,14,18H,5-10,12-13H2,(H,28,33,34)(H2,25,27,29,30)/b16-11+. The van der Waals surface area contributed by atoms with Crippen molar-refractivity contribution in [1.82, 2.24) is 24.9 Å². The summed E-state index contributed by atoms with van der Waals surface area (Å²) in [4.78, 5) is 35.4. The lowest BCUT2D eigenvalue weighted by molar-refractivity contribution is -0.124. The Morgan fingerprint density at radius 2 is 1.97 bits per heavy atom. The molecule has 3 aliphatic rings. The Morgan fingerprint density at radius 1 is 1.14 bits per heavy atom. The van der Waals surface area contributed by atoms with Gasteiger partial charge in [-0.2, -0.15) is 19.6 Å². The molecule has 0 spiro atoms. The third-order valence-electron chi connectivity index (χ3n) is 6.31. The summed E-state index contributed by atoms with van der Waals surface area (Å²) in [6.07, 6.45) is 5.54. The Hall–Kier alpha value is -3.99. The van der Waals surface area contributed by atoms with Crippen molar-refractivity contribution in [3.05, 3.63) is 47.2 Å². The second-order valence-electron chi connectivity index (χ2n) is 8.93. The molecule has 3 N–H and O–H groups in total. The van der Waals surface area contributed by atoms with Gasteiger partial charge in [-0.25, -0.2) is 0 Å². The molecule has 4 heterocycles. The lowest BCUT2D eigenvalue weighted by Crippen LogP contribution is -2.36. The monoisotopic (exact) mass is 474 g/mol. The molecular weight excluding hydrogens is 448 g/mol. The normalized spacial score (nSPS) is 19.4. The highest BCUT2D eigenvalue weighted by molar-refractivity contribution is 6.15. The number of aromatic nitrogens is 4. The number of amides is 2. The lowest BCUT2D eigenvalue weighted by atomic mass is 10.1. The first-order valence-corrected chi connectivity index (χ1v) is 11.9. The van der Waals surface area contributed by atoms with Crippen LogP contribution in [0.3, 0.4) is 0 Å². The minimum absolute atomic E-state index is 0.0534. The number of para-hydroxylation sites is 1. The fourth-order valence-corrected chi connectivity index (χ4v) is 4.34. The predicted octanol–water partition coefficient (Wildman–Crippen LogP) is 1.58. The van der Waals surface area contributed by atoms with Crippen LogP contribution < -0.4 is 20.9 Å². The van der Waals surface area contributed by atoms with Crippen LogP contribution in [-0.4, -0.2) is 63.7 Å². The van der Waals surface area contributed by atoms with Crippen molar-refractivity contribution < 1.29 is 14.3 Å². The van der Waals surface area contributed by atoms with E-state index in [0.29, 0.717) is 41.3 Å². The molecule has 1 aliphatic carbocycles. The van der Waals surface area contributed by atoms with Crippen molar-refractivity contribution in [2.45, 2.75) is 31.8 Å². The molecule has 0 bridgehead atoms. The van der Waals surface area contributed by atoms with E-state index >= 15 is 0 Å². The minimum Gasteiger partial charge on any atom is -0.378 e. The van der Waals surface area contributed by atoms with Gasteiger partial charge in [-0.1, -0.05) is 18.2 Å². The van der Waals surface area contributed by atoms with Crippen LogP contribution in [0.1, 0.15) is 30.4 Å². The fraction of sp³-hybridized carbons (Fsp3) is 0.375. The molecule has 1 aromatic carbocycles. The molecule has 2 aromatic heterocycles. The van der Waals surface area contributed by atoms with E-state index in [9.17, 15) is 9.59 Å². The van der Waals surface area contributed by atoms with Gasteiger partial charge >= 0.3 is 0 Å². The first-order chi connectivity index (χ1) is 17.1. The van der Waals surface area contributed by atoms with Crippen molar-refractivity contribution in [2.75, 3.05) is 41.8 Å². The largest absolute Gasteiger partial charge is 0.378 e. The van der Waals surface area contributed by atoms with Crippen LogP contribution in [0.4, 0.5) is 17.6 Å². The summed E-state index contributed by atoms with van der Waals surface area (Å²) in [5, 5.41) is 13.5. The number of morpholine rings is 1. The van der Waals surface area contributed by atoms with Gasteiger partial charge < -0.3 is 20.3 Å². The molecule has 180 valence electrons. The molecule has 3 fully saturated rings. The minimum atomic E-state index is -0.377. The highest BCUT2D eigenvalue weighted by atomic mass is 16.5. The molecule has 0 unspecified atom stereocenters. The van der Waals surface area contributed by atoms with Crippen LogP contribution in [0.5, 0.6) is 0 Å². The first kappa shape index (κ1) is 21.5. The molecule has 2 amide bonds. The number of anilines is 3. The summed E-state index contributed by atoms with van der Waals surface area (Å²) in [6, 6.07) is 8.67. The zero-order valence-electron chi connectivity index (χ0n) is 19.2. The highest BCUT2D eigenvalue weighted by Gasteiger charge is 2.26. The van der Waals surface area contributed by atoms with Crippen LogP contribution in [0.15, 0.2) is 36.0 Å². The number of nitrogens with zero attached hydrogens (tertiary/aromatic N) is 5. The van der Waals surface area contributed by atoms with Crippen LogP contribution in [0, 0.1) is 0 Å². The highest BCUT2D eigenvalue weighted by Crippen LogP contribution is 2.27. The Kier molecular flexibility index (Phi) is 5.53. The number of hydrogen-bond donors (Lipinski definition) is 3. The van der Waals surface area contributed by atoms with Gasteiger partial charge in [0.1, 0.15) is 0 Å². The average Bonchev–Trinajstić information content (AvgIpc) is 3.51. The molecule has 0 atom stereocenters. The summed E-state index contributed by atoms with van der Waals surface area (Å²) in [6.45, 7) is 3.72. The van der Waals surface area contributed by atoms with Gasteiger partial charge in [0.15, 0.2) is 5.65 Å². The van der Waals surface area contributed by atoms with Crippen LogP contribution in [0.25, 0.3) is 11.7 Å². The zero-order valence-corrected chi connectivity index (χ0v) is 19.2. The molecular formula is C24H26N8O3. The first-order valence-electron chi connectivity index (χ1n) is 11.9. The maximum atomic E-state index is 12.1. The van der Waals surface area contributed by atoms with Crippen LogP contribution in [0.2, 0.25) is 0 Å². The van der Waals surface area contributed by atoms with Crippen molar-refractivity contribution in [3.8, 4) is 0 Å². The van der Waals surface area contributed by atoms with E-state index in [-0.39, 0.29) is 18.2 Å². The molecule has 6 rings (SSSR count). The number of fused-ring (bicyclic) bond motifs is 1. The number of carbonyl (C=O) groups excluding carboxylic acids is 2. The molecule has 11 nitrogen and oxygen atoms in total. The van der Waals surface area contributed by atoms with Gasteiger partial charge in [-0.3, -0.25) is 14.9 Å². The maximum absolute atomic E-state index is 12.1. The molecule has 2 saturated heterocycles. The van der Waals surface area contributed by atoms with Gasteiger partial charge in [0.25, 0.3) is 5.91 Å². The number of imide groups is 1. The van der Waals surface area contributed by atoms with Gasteiger partial charge in [0.05, 0.1) is 25.8 Å². The van der Waals surface area contributed by atoms with E-state index in [1.165, 1.54) is 5.69 Å². The van der Waals surface area contributed by atoms with Gasteiger partial charge in [0, 0.05) is 42.5 Å². The Morgan fingerprint density at radius 3 is 2.74 bits per heavy atom. The number of hydrogen-bond acceptors (Lipinski definition) is 9. The number of carbonyl (C=O) groups is 2. The smallest absolute Gasteiger partial charge is 0.254 e. The molecule has 0 radical (unpaired) electrons. The molecule has 3 aromatic rings. The van der Waals surface area contributed by atoms with Crippen molar-refractivity contribution >= 4 is 41.1 Å². The molecule has 2 aliphatic heterocycles. The van der Waals surface area contributed by atoms with Crippen molar-refractivity contribution in [2.24, 2.45) is 0 Å². The van der Waals surface area contributed by atoms with Gasteiger partial charge in [-0.15, -0.1) is 0 Å². The third kappa shape index (κ3) is 4.54. The van der Waals surface area contributed by atoms with E-state index in [0.717, 1.165) is 44.7 Å². The summed E-state index contributed by atoms with van der Waals surface area (Å²) in [7, 11) is 0. The molecule has 11 heteroatoms. The second-order valence-corrected chi connectivity index (χ2v) is 8.93. The summed E-state index contributed by atoms with van der Waals surface area (Å²) in [5.74, 6) is 0.380. The van der Waals surface area contributed by atoms with E-state index in [4.69, 9.17) is 9.72 Å². The van der Waals surface area contributed by atoms with E-state index < -0.39 is 0 Å². The van der Waals surface area contributed by atoms with Crippen molar-refractivity contribution in [3.63, 3.8) is 0 Å². The fourth-order valence-electron chi connectivity index (χ4n) is 4.34. The van der Waals surface area contributed by atoms with Crippen LogP contribution >= 0.6 is 0 Å². The SMILES string of the molecule is O=C1C/C(=C\c2cnn3c(NC4CC4)nc(NCc4ccccc4N4CCOCC4)nc23)C(=O)N1. The second kappa shape index (κ2) is 8.99. The van der Waals surface area contributed by atoms with Crippen molar-refractivity contribution in [1.29, 1.82) is 0 Å². The summed E-state index contributed by atoms with van der Waals surface area (Å²) in [5.41, 5.74) is 3.93. The Balaban J connectivity index is 1.31. The third-order valence-corrected chi connectivity index (χ3v) is 6.31. The quantitative estimate of drug-likeness (QED) is 0.346. The number of rotatable bonds is 7. The lowest BCUT2D eigenvalue weighted by Gasteiger charge is -2.30. The van der Waals surface area contributed by atoms with E-state index in [1.54, 1.807) is 16.8 Å². The maximum Gasteiger partial charge on any atom is 0.254 e.